The molecule has 6 aromatic carbocycles. The Morgan fingerprint density at radius 3 is 0.859 bits per heavy atom. The van der Waals surface area contributed by atoms with Crippen molar-refractivity contribution in [1.29, 1.82) is 0 Å². The van der Waals surface area contributed by atoms with Gasteiger partial charge in [-0.2, -0.15) is 13.2 Å². The number of nitrogens with zero attached hydrogens (tertiary/aromatic N) is 10. The number of halogens is 8. The van der Waals surface area contributed by atoms with E-state index in [-0.39, 0.29) is 22.1 Å². The van der Waals surface area contributed by atoms with Gasteiger partial charge in [0.15, 0.2) is 46.6 Å². The number of rotatable bonds is 7. The largest absolute Gasteiger partial charge is 0.416 e. The molecule has 0 radical (unpaired) electrons. The second kappa shape index (κ2) is 16.4. The van der Waals surface area contributed by atoms with Gasteiger partial charge in [-0.1, -0.05) is 0 Å². The highest BCUT2D eigenvalue weighted by Gasteiger charge is 2.37. The van der Waals surface area contributed by atoms with E-state index in [1.807, 2.05) is 0 Å². The van der Waals surface area contributed by atoms with E-state index in [0.29, 0.717) is 79.2 Å². The Morgan fingerprint density at radius 2 is 0.592 bits per heavy atom. The van der Waals surface area contributed by atoms with E-state index >= 15 is 35.1 Å². The lowest BCUT2D eigenvalue weighted by molar-refractivity contribution is -0.137. The van der Waals surface area contributed by atoms with E-state index in [1.54, 1.807) is 97.1 Å². The zero-order chi connectivity index (χ0) is 48.7. The van der Waals surface area contributed by atoms with Crippen molar-refractivity contribution in [3.8, 4) is 68.1 Å². The Labute approximate surface area is 394 Å². The highest BCUT2D eigenvalue weighted by Crippen LogP contribution is 2.48. The van der Waals surface area contributed by atoms with Gasteiger partial charge in [-0.25, -0.2) is 61.8 Å². The number of benzene rings is 6. The minimum absolute atomic E-state index is 0.184. The Hall–Kier alpha value is -9.32. The van der Waals surface area contributed by atoms with E-state index in [2.05, 4.69) is 39.9 Å². The highest BCUT2D eigenvalue weighted by atomic mass is 19.4. The van der Waals surface area contributed by atoms with E-state index in [1.165, 1.54) is 58.7 Å². The summed E-state index contributed by atoms with van der Waals surface area (Å²) < 4.78 is 130. The summed E-state index contributed by atoms with van der Waals surface area (Å²) in [5.41, 5.74) is -2.00. The second-order valence-electron chi connectivity index (χ2n) is 16.2. The first-order valence-electron chi connectivity index (χ1n) is 21.5. The third-order valence-corrected chi connectivity index (χ3v) is 12.2. The molecule has 10 nitrogen and oxygen atoms in total. The van der Waals surface area contributed by atoms with Gasteiger partial charge in [-0.15, -0.1) is 0 Å². The van der Waals surface area contributed by atoms with Crippen molar-refractivity contribution in [1.82, 2.24) is 49.0 Å². The standard InChI is InChI=1S/C53H26F8N10/c54-44-43(45(55)47(57)48(58)46(44)56)42-40(70-36-9-5-27(49-62-13-1-14-63-49)21-32(36)33-22-28(6-10-37(33)70)50-64-15-2-16-65-50)25-31(53(59,60)61)26-41(42)71-38-11-7-29(51-66-17-3-18-67-51)23-34(38)35-24-30(8-12-39(35)71)52-68-19-4-20-69-52/h1-26H. The lowest BCUT2D eigenvalue weighted by Gasteiger charge is -2.23. The van der Waals surface area contributed by atoms with Gasteiger partial charge in [0, 0.05) is 98.9 Å². The molecule has 0 atom stereocenters. The predicted octanol–water partition coefficient (Wildman–Crippen LogP) is 13.1. The number of aromatic nitrogens is 10. The first kappa shape index (κ1) is 43.0. The van der Waals surface area contributed by atoms with Crippen LogP contribution in [0.3, 0.4) is 0 Å². The molecule has 0 amide bonds. The maximum absolute atomic E-state index is 16.9. The van der Waals surface area contributed by atoms with Crippen molar-refractivity contribution in [2.24, 2.45) is 0 Å². The molecule has 0 spiro atoms. The molecular weight excluding hydrogens is 929 g/mol. The molecule has 0 saturated carbocycles. The van der Waals surface area contributed by atoms with Crippen LogP contribution in [-0.4, -0.2) is 49.0 Å². The fraction of sp³-hybridized carbons (Fsp3) is 0.0189. The molecular formula is C53H26F8N10. The predicted molar refractivity (Wildman–Crippen MR) is 249 cm³/mol. The van der Waals surface area contributed by atoms with Crippen LogP contribution in [0.1, 0.15) is 5.56 Å². The summed E-state index contributed by atoms with van der Waals surface area (Å²) >= 11 is 0. The SMILES string of the molecule is Fc1c(F)c(F)c(-c2c(-n3c4ccc(-c5ncccn5)cc4c4cc(-c5ncccn5)ccc43)cc(C(F)(F)F)cc2-n2c3ccc(-c4ncccn4)cc3c3cc(-c4ncccn4)ccc32)c(F)c1F. The zero-order valence-corrected chi connectivity index (χ0v) is 36.0. The highest BCUT2D eigenvalue weighted by molar-refractivity contribution is 6.14. The van der Waals surface area contributed by atoms with Crippen LogP contribution in [0.2, 0.25) is 0 Å². The average molecular weight is 955 g/mol. The number of alkyl halides is 3. The molecule has 0 aliphatic heterocycles. The molecule has 12 aromatic rings. The molecule has 0 bridgehead atoms. The van der Waals surface area contributed by atoms with Gasteiger partial charge in [0.25, 0.3) is 0 Å². The molecule has 0 fully saturated rings. The van der Waals surface area contributed by atoms with E-state index in [9.17, 15) is 0 Å². The number of hydrogen-bond donors (Lipinski definition) is 0. The molecule has 0 aliphatic carbocycles. The third kappa shape index (κ3) is 7.01. The van der Waals surface area contributed by atoms with E-state index in [4.69, 9.17) is 0 Å². The lowest BCUT2D eigenvalue weighted by atomic mass is 9.96. The molecule has 0 aliphatic rings. The molecule has 0 saturated heterocycles. The Bertz CT molecular complexity index is 3650. The fourth-order valence-corrected chi connectivity index (χ4v) is 9.12. The molecule has 71 heavy (non-hydrogen) atoms. The fourth-order valence-electron chi connectivity index (χ4n) is 9.12. The average Bonchev–Trinajstić information content (AvgIpc) is 3.91. The lowest BCUT2D eigenvalue weighted by Crippen LogP contribution is -2.13. The van der Waals surface area contributed by atoms with Crippen molar-refractivity contribution < 1.29 is 35.1 Å². The molecule has 12 rings (SSSR count). The van der Waals surface area contributed by atoms with Crippen molar-refractivity contribution in [2.45, 2.75) is 6.18 Å². The van der Waals surface area contributed by atoms with Crippen LogP contribution in [0.15, 0.2) is 159 Å². The summed E-state index contributed by atoms with van der Waals surface area (Å²) in [4.78, 5) is 35.0. The maximum atomic E-state index is 16.9. The van der Waals surface area contributed by atoms with Crippen molar-refractivity contribution >= 4 is 43.6 Å². The van der Waals surface area contributed by atoms with Gasteiger partial charge < -0.3 is 9.13 Å². The van der Waals surface area contributed by atoms with Gasteiger partial charge in [0.05, 0.1) is 44.6 Å². The minimum atomic E-state index is -5.15. The first-order chi connectivity index (χ1) is 34.4. The zero-order valence-electron chi connectivity index (χ0n) is 36.0. The Morgan fingerprint density at radius 1 is 0.324 bits per heavy atom. The monoisotopic (exact) mass is 954 g/mol. The van der Waals surface area contributed by atoms with Crippen LogP contribution in [0, 0.1) is 29.1 Å². The summed E-state index contributed by atoms with van der Waals surface area (Å²) in [6, 6.07) is 27.2. The van der Waals surface area contributed by atoms with Crippen LogP contribution >= 0.6 is 0 Å². The number of fused-ring (bicyclic) bond motifs is 6. The van der Waals surface area contributed by atoms with E-state index < -0.39 is 63.3 Å². The third-order valence-electron chi connectivity index (χ3n) is 12.2. The van der Waals surface area contributed by atoms with Crippen LogP contribution in [0.25, 0.3) is 112 Å². The Balaban J connectivity index is 1.26. The topological polar surface area (TPSA) is 113 Å². The van der Waals surface area contributed by atoms with Crippen molar-refractivity contribution in [3.05, 3.63) is 193 Å². The summed E-state index contributed by atoms with van der Waals surface area (Å²) in [5.74, 6) is -10.4. The van der Waals surface area contributed by atoms with Crippen LogP contribution < -0.4 is 0 Å². The summed E-state index contributed by atoms with van der Waals surface area (Å²) in [7, 11) is 0. The molecule has 18 heteroatoms. The second-order valence-corrected chi connectivity index (χ2v) is 16.2. The summed E-state index contributed by atoms with van der Waals surface area (Å²) in [6.07, 6.45) is 7.09. The molecule has 0 unspecified atom stereocenters. The quantitative estimate of drug-likeness (QED) is 0.0882. The van der Waals surface area contributed by atoms with Gasteiger partial charge in [0.2, 0.25) is 5.82 Å². The summed E-state index contributed by atoms with van der Waals surface area (Å²) in [6.45, 7) is 0. The van der Waals surface area contributed by atoms with E-state index in [0.717, 1.165) is 0 Å². The first-order valence-corrected chi connectivity index (χ1v) is 21.5. The van der Waals surface area contributed by atoms with Crippen LogP contribution in [0.4, 0.5) is 35.1 Å². The molecule has 344 valence electrons. The summed E-state index contributed by atoms with van der Waals surface area (Å²) in [5, 5.41) is 1.59. The maximum Gasteiger partial charge on any atom is 0.416 e. The van der Waals surface area contributed by atoms with Crippen molar-refractivity contribution in [2.75, 3.05) is 0 Å². The minimum Gasteiger partial charge on any atom is -0.309 e. The van der Waals surface area contributed by atoms with Crippen LogP contribution in [-0.2, 0) is 6.18 Å². The Kier molecular flexibility index (Phi) is 9.95. The molecule has 6 aromatic heterocycles. The van der Waals surface area contributed by atoms with Gasteiger partial charge in [-0.05, 0) is 109 Å². The van der Waals surface area contributed by atoms with Gasteiger partial charge >= 0.3 is 6.18 Å². The molecule has 6 heterocycles. The van der Waals surface area contributed by atoms with Gasteiger partial charge in [0.1, 0.15) is 0 Å². The van der Waals surface area contributed by atoms with Crippen LogP contribution in [0.5, 0.6) is 0 Å². The normalized spacial score (nSPS) is 11.9. The number of hydrogen-bond acceptors (Lipinski definition) is 8. The van der Waals surface area contributed by atoms with Crippen molar-refractivity contribution in [3.63, 3.8) is 0 Å². The molecule has 0 N–H and O–H groups in total. The van der Waals surface area contributed by atoms with Gasteiger partial charge in [-0.3, -0.25) is 0 Å². The smallest absolute Gasteiger partial charge is 0.309 e.